The van der Waals surface area contributed by atoms with Gasteiger partial charge in [0.05, 0.1) is 14.2 Å². The Morgan fingerprint density at radius 1 is 1.30 bits per heavy atom. The third-order valence-corrected chi connectivity index (χ3v) is 6.70. The molecule has 1 aromatic rings. The summed E-state index contributed by atoms with van der Waals surface area (Å²) in [6.45, 7) is 1.18. The Morgan fingerprint density at radius 3 is 2.48 bits per heavy atom. The van der Waals surface area contributed by atoms with E-state index in [-0.39, 0.29) is 23.3 Å². The van der Waals surface area contributed by atoms with Gasteiger partial charge in [0.15, 0.2) is 11.5 Å². The molecule has 2 rings (SSSR count). The van der Waals surface area contributed by atoms with E-state index in [0.717, 1.165) is 12.8 Å². The summed E-state index contributed by atoms with van der Waals surface area (Å²) >= 11 is 3.34. The molecule has 1 saturated heterocycles. The van der Waals surface area contributed by atoms with Crippen LogP contribution < -0.4 is 14.8 Å². The lowest BCUT2D eigenvalue weighted by Gasteiger charge is -2.25. The summed E-state index contributed by atoms with van der Waals surface area (Å²) in [4.78, 5) is 0.202. The van der Waals surface area contributed by atoms with E-state index in [9.17, 15) is 8.42 Å². The highest BCUT2D eigenvalue weighted by atomic mass is 79.9. The Bertz CT molecular complexity index is 642. The normalized spacial score (nSPS) is 18.5. The van der Waals surface area contributed by atoms with Crippen LogP contribution in [-0.4, -0.2) is 53.1 Å². The van der Waals surface area contributed by atoms with Crippen LogP contribution in [-0.2, 0) is 10.0 Å². The zero-order valence-electron chi connectivity index (χ0n) is 13.3. The summed E-state index contributed by atoms with van der Waals surface area (Å²) in [7, 11) is 1.25. The second-order valence-corrected chi connectivity index (χ2v) is 7.82. The Morgan fingerprint density at radius 2 is 1.91 bits per heavy atom. The number of rotatable bonds is 6. The molecule has 1 fully saturated rings. The molecule has 0 saturated carbocycles. The molecule has 0 radical (unpaired) electrons. The smallest absolute Gasteiger partial charge is 0.244 e. The molecule has 0 amide bonds. The minimum Gasteiger partial charge on any atom is -0.493 e. The molecule has 0 bridgehead atoms. The first-order valence-corrected chi connectivity index (χ1v) is 9.27. The highest BCUT2D eigenvalue weighted by Crippen LogP contribution is 2.38. The molecule has 1 N–H and O–H groups in total. The summed E-state index contributed by atoms with van der Waals surface area (Å²) in [6.07, 6.45) is 1.74. The van der Waals surface area contributed by atoms with Crippen LogP contribution in [0.3, 0.4) is 0 Å². The summed E-state index contributed by atoms with van der Waals surface area (Å²) in [6, 6.07) is 3.11. The van der Waals surface area contributed by atoms with Crippen LogP contribution >= 0.6 is 28.3 Å². The van der Waals surface area contributed by atoms with Gasteiger partial charge < -0.3 is 14.8 Å². The SMILES string of the molecule is CNCC1CCCN1S(=O)(=O)c1cc(OC)c(OC)cc1Br.Cl. The largest absolute Gasteiger partial charge is 0.493 e. The molecule has 23 heavy (non-hydrogen) atoms. The average Bonchev–Trinajstić information content (AvgIpc) is 2.96. The van der Waals surface area contributed by atoms with Gasteiger partial charge in [-0.1, -0.05) is 0 Å². The second-order valence-electron chi connectivity index (χ2n) is 5.11. The number of nitrogens with one attached hydrogen (secondary N) is 1. The molecule has 0 spiro atoms. The van der Waals surface area contributed by atoms with Crippen LogP contribution in [0.4, 0.5) is 0 Å². The van der Waals surface area contributed by atoms with Gasteiger partial charge in [0.25, 0.3) is 0 Å². The van der Waals surface area contributed by atoms with Crippen molar-refractivity contribution in [2.24, 2.45) is 0 Å². The Labute approximate surface area is 152 Å². The highest BCUT2D eigenvalue weighted by molar-refractivity contribution is 9.10. The Kier molecular flexibility index (Phi) is 7.60. The van der Waals surface area contributed by atoms with Crippen molar-refractivity contribution >= 4 is 38.4 Å². The molecule has 1 aliphatic rings. The van der Waals surface area contributed by atoms with E-state index in [1.165, 1.54) is 20.3 Å². The van der Waals surface area contributed by atoms with Crippen LogP contribution in [0.15, 0.2) is 21.5 Å². The predicted octanol–water partition coefficient (Wildman–Crippen LogP) is 2.26. The number of methoxy groups -OCH3 is 2. The number of halogens is 2. The van der Waals surface area contributed by atoms with Crippen molar-refractivity contribution in [1.82, 2.24) is 9.62 Å². The number of nitrogens with zero attached hydrogens (tertiary/aromatic N) is 1. The van der Waals surface area contributed by atoms with Crippen molar-refractivity contribution < 1.29 is 17.9 Å². The molecule has 1 heterocycles. The maximum atomic E-state index is 13.0. The summed E-state index contributed by atoms with van der Waals surface area (Å²) in [5.74, 6) is 0.884. The minimum absolute atomic E-state index is 0. The molecular formula is C14H22BrClN2O4S. The van der Waals surface area contributed by atoms with Crippen molar-refractivity contribution in [2.75, 3.05) is 34.4 Å². The Hall–Kier alpha value is -0.540. The summed E-state index contributed by atoms with van der Waals surface area (Å²) in [5, 5.41) is 3.06. The molecule has 0 aromatic heterocycles. The van der Waals surface area contributed by atoms with E-state index in [4.69, 9.17) is 9.47 Å². The van der Waals surface area contributed by atoms with Crippen LogP contribution in [0.5, 0.6) is 11.5 Å². The quantitative estimate of drug-likeness (QED) is 0.751. The van der Waals surface area contributed by atoms with Crippen LogP contribution in [0.2, 0.25) is 0 Å². The van der Waals surface area contributed by atoms with E-state index in [1.807, 2.05) is 7.05 Å². The van der Waals surface area contributed by atoms with Crippen molar-refractivity contribution in [3.63, 3.8) is 0 Å². The van der Waals surface area contributed by atoms with Crippen molar-refractivity contribution in [3.05, 3.63) is 16.6 Å². The van der Waals surface area contributed by atoms with Gasteiger partial charge in [-0.05, 0) is 41.9 Å². The number of ether oxygens (including phenoxy) is 2. The van der Waals surface area contributed by atoms with Crippen LogP contribution in [0.25, 0.3) is 0 Å². The van der Waals surface area contributed by atoms with Gasteiger partial charge in [0.1, 0.15) is 4.90 Å². The van der Waals surface area contributed by atoms with E-state index >= 15 is 0 Å². The third kappa shape index (κ3) is 4.11. The lowest BCUT2D eigenvalue weighted by atomic mass is 10.2. The first-order valence-electron chi connectivity index (χ1n) is 7.03. The second kappa shape index (κ2) is 8.53. The van der Waals surface area contributed by atoms with E-state index in [1.54, 1.807) is 10.4 Å². The summed E-state index contributed by atoms with van der Waals surface area (Å²) < 4.78 is 38.4. The van der Waals surface area contributed by atoms with Gasteiger partial charge in [0, 0.05) is 29.7 Å². The van der Waals surface area contributed by atoms with Gasteiger partial charge in [-0.3, -0.25) is 0 Å². The molecule has 1 aromatic carbocycles. The number of hydrogen-bond acceptors (Lipinski definition) is 5. The maximum absolute atomic E-state index is 13.0. The lowest BCUT2D eigenvalue weighted by Crippen LogP contribution is -2.40. The fourth-order valence-corrected chi connectivity index (χ4v) is 5.42. The highest BCUT2D eigenvalue weighted by Gasteiger charge is 2.36. The average molecular weight is 430 g/mol. The van der Waals surface area contributed by atoms with Gasteiger partial charge in [0.2, 0.25) is 10.0 Å². The minimum atomic E-state index is -3.59. The zero-order chi connectivity index (χ0) is 16.3. The topological polar surface area (TPSA) is 67.9 Å². The molecule has 9 heteroatoms. The standard InChI is InChI=1S/C14H21BrN2O4S.ClH/c1-16-9-10-5-4-6-17(10)22(18,19)14-8-13(21-3)12(20-2)7-11(14)15;/h7-8,10,16H,4-6,9H2,1-3H3;1H. The zero-order valence-corrected chi connectivity index (χ0v) is 16.6. The number of hydrogen-bond donors (Lipinski definition) is 1. The van der Waals surface area contributed by atoms with Crippen molar-refractivity contribution in [2.45, 2.75) is 23.8 Å². The lowest BCUT2D eigenvalue weighted by molar-refractivity contribution is 0.352. The summed E-state index contributed by atoms with van der Waals surface area (Å²) in [5.41, 5.74) is 0. The molecule has 0 aliphatic carbocycles. The van der Waals surface area contributed by atoms with E-state index in [0.29, 0.717) is 29.1 Å². The number of benzene rings is 1. The number of sulfonamides is 1. The molecular weight excluding hydrogens is 408 g/mol. The molecule has 1 aliphatic heterocycles. The van der Waals surface area contributed by atoms with Crippen LogP contribution in [0.1, 0.15) is 12.8 Å². The van der Waals surface area contributed by atoms with Crippen LogP contribution in [0, 0.1) is 0 Å². The fraction of sp³-hybridized carbons (Fsp3) is 0.571. The van der Waals surface area contributed by atoms with Gasteiger partial charge in [-0.25, -0.2) is 8.42 Å². The molecule has 1 atom stereocenters. The molecule has 132 valence electrons. The van der Waals surface area contributed by atoms with E-state index < -0.39 is 10.0 Å². The van der Waals surface area contributed by atoms with Crippen molar-refractivity contribution in [3.8, 4) is 11.5 Å². The first kappa shape index (κ1) is 20.5. The number of likely N-dealkylation sites (N-methyl/N-ethyl adjacent to an activating group) is 1. The van der Waals surface area contributed by atoms with Gasteiger partial charge in [-0.15, -0.1) is 12.4 Å². The van der Waals surface area contributed by atoms with E-state index in [2.05, 4.69) is 21.2 Å². The molecule has 6 nitrogen and oxygen atoms in total. The van der Waals surface area contributed by atoms with Crippen molar-refractivity contribution in [1.29, 1.82) is 0 Å². The molecule has 1 unspecified atom stereocenters. The van der Waals surface area contributed by atoms with Gasteiger partial charge in [-0.2, -0.15) is 4.31 Å². The third-order valence-electron chi connectivity index (χ3n) is 3.79. The Balaban J connectivity index is 0.00000264. The fourth-order valence-electron chi connectivity index (χ4n) is 2.72. The predicted molar refractivity (Wildman–Crippen MR) is 95.3 cm³/mol. The van der Waals surface area contributed by atoms with Gasteiger partial charge >= 0.3 is 0 Å². The monoisotopic (exact) mass is 428 g/mol. The first-order chi connectivity index (χ1) is 10.5. The maximum Gasteiger partial charge on any atom is 0.244 e.